The molecule has 2 aliphatic heterocycles. The highest BCUT2D eigenvalue weighted by molar-refractivity contribution is 6.37. The Balaban J connectivity index is 1.32. The predicted octanol–water partition coefficient (Wildman–Crippen LogP) is 6.06. The number of hydrogen-bond donors (Lipinski definition) is 1. The molecular weight excluding hydrogens is 527 g/mol. The Morgan fingerprint density at radius 1 is 1.05 bits per heavy atom. The zero-order valence-corrected chi connectivity index (χ0v) is 23.0. The van der Waals surface area contributed by atoms with Gasteiger partial charge >= 0.3 is 0 Å². The van der Waals surface area contributed by atoms with Crippen LogP contribution in [0, 0.1) is 16.7 Å². The third-order valence-electron chi connectivity index (χ3n) is 7.38. The molecule has 0 bridgehead atoms. The third kappa shape index (κ3) is 5.43. The fourth-order valence-corrected chi connectivity index (χ4v) is 5.52. The molecule has 8 nitrogen and oxygen atoms in total. The maximum absolute atomic E-state index is 9.77. The highest BCUT2D eigenvalue weighted by Gasteiger charge is 2.40. The van der Waals surface area contributed by atoms with Gasteiger partial charge in [-0.2, -0.15) is 5.26 Å². The average Bonchev–Trinajstić information content (AvgIpc) is 2.91. The molecule has 3 heterocycles. The van der Waals surface area contributed by atoms with Crippen LogP contribution in [0.15, 0.2) is 30.5 Å². The first-order valence-electron chi connectivity index (χ1n) is 12.6. The molecule has 200 valence electrons. The van der Waals surface area contributed by atoms with Gasteiger partial charge in [0, 0.05) is 35.7 Å². The smallest absolute Gasteiger partial charge is 0.163 e. The third-order valence-corrected chi connectivity index (χ3v) is 7.99. The van der Waals surface area contributed by atoms with Gasteiger partial charge in [0.1, 0.15) is 11.8 Å². The van der Waals surface area contributed by atoms with Crippen LogP contribution in [0.2, 0.25) is 10.0 Å². The second-order valence-corrected chi connectivity index (χ2v) is 10.6. The highest BCUT2D eigenvalue weighted by atomic mass is 35.5. The van der Waals surface area contributed by atoms with Crippen molar-refractivity contribution < 1.29 is 18.9 Å². The second kappa shape index (κ2) is 11.4. The van der Waals surface area contributed by atoms with Gasteiger partial charge in [0.25, 0.3) is 0 Å². The van der Waals surface area contributed by atoms with E-state index in [4.69, 9.17) is 42.1 Å². The van der Waals surface area contributed by atoms with E-state index in [9.17, 15) is 5.26 Å². The van der Waals surface area contributed by atoms with Crippen LogP contribution in [0.4, 0.5) is 11.4 Å². The minimum Gasteiger partial charge on any atom is -0.495 e. The summed E-state index contributed by atoms with van der Waals surface area (Å²) in [6.45, 7) is 5.64. The number of methoxy groups -OCH3 is 2. The molecular formula is C28H30Cl2N4O4. The SMILES string of the molecule is COc1cc(Nc2c(C#N)cnc3cc(OCCCN4CCC5(CC4)COC5)c(OC)cc23)c(Cl)cc1Cl. The standard InChI is InChI=1S/C28H30Cl2N4O4/c1-35-24-13-23(20(29)11-21(24)30)33-27-18(14-31)15-32-22-12-26(25(36-2)10-19(22)27)38-9-3-6-34-7-4-28(5-8-34)16-37-17-28/h10-13,15H,3-9,16-17H2,1-2H3,(H,32,33). The lowest BCUT2D eigenvalue weighted by atomic mass is 9.77. The van der Waals surface area contributed by atoms with E-state index < -0.39 is 0 Å². The van der Waals surface area contributed by atoms with Gasteiger partial charge in [-0.25, -0.2) is 0 Å². The molecule has 0 unspecified atom stereocenters. The molecule has 1 aromatic heterocycles. The molecule has 2 fully saturated rings. The summed E-state index contributed by atoms with van der Waals surface area (Å²) in [6, 6.07) is 9.14. The van der Waals surface area contributed by atoms with Crippen molar-refractivity contribution in [2.24, 2.45) is 5.41 Å². The molecule has 1 N–H and O–H groups in total. The van der Waals surface area contributed by atoms with Crippen molar-refractivity contribution in [1.82, 2.24) is 9.88 Å². The number of anilines is 2. The number of halogens is 2. The summed E-state index contributed by atoms with van der Waals surface area (Å²) < 4.78 is 22.5. The number of hydrogen-bond acceptors (Lipinski definition) is 8. The second-order valence-electron chi connectivity index (χ2n) is 9.81. The topological polar surface area (TPSA) is 88.9 Å². The largest absolute Gasteiger partial charge is 0.495 e. The number of nitrogens with zero attached hydrogens (tertiary/aromatic N) is 3. The van der Waals surface area contributed by atoms with Crippen LogP contribution in [-0.4, -0.2) is 63.6 Å². The Morgan fingerprint density at radius 3 is 2.47 bits per heavy atom. The number of rotatable bonds is 9. The van der Waals surface area contributed by atoms with Crippen molar-refractivity contribution >= 4 is 45.5 Å². The lowest BCUT2D eigenvalue weighted by molar-refractivity contribution is -0.139. The number of aromatic nitrogens is 1. The average molecular weight is 557 g/mol. The maximum Gasteiger partial charge on any atom is 0.163 e. The molecule has 5 rings (SSSR count). The van der Waals surface area contributed by atoms with Crippen molar-refractivity contribution in [3.8, 4) is 23.3 Å². The number of benzene rings is 2. The first-order chi connectivity index (χ1) is 18.4. The molecule has 3 aromatic rings. The van der Waals surface area contributed by atoms with Gasteiger partial charge in [-0.3, -0.25) is 4.98 Å². The fraction of sp³-hybridized carbons (Fsp3) is 0.429. The Labute approximate surface area is 232 Å². The van der Waals surface area contributed by atoms with E-state index in [0.717, 1.165) is 39.3 Å². The molecule has 2 aromatic carbocycles. The van der Waals surface area contributed by atoms with Crippen LogP contribution in [-0.2, 0) is 4.74 Å². The fourth-order valence-electron chi connectivity index (χ4n) is 5.01. The summed E-state index contributed by atoms with van der Waals surface area (Å²) in [4.78, 5) is 7.00. The molecule has 0 aliphatic carbocycles. The van der Waals surface area contributed by atoms with Gasteiger partial charge in [-0.05, 0) is 44.5 Å². The van der Waals surface area contributed by atoms with Crippen molar-refractivity contribution in [2.75, 3.05) is 59.0 Å². The number of pyridine rings is 1. The highest BCUT2D eigenvalue weighted by Crippen LogP contribution is 2.41. The van der Waals surface area contributed by atoms with Gasteiger partial charge in [0.05, 0.1) is 66.5 Å². The summed E-state index contributed by atoms with van der Waals surface area (Å²) in [7, 11) is 3.12. The van der Waals surface area contributed by atoms with Crippen LogP contribution in [0.1, 0.15) is 24.8 Å². The van der Waals surface area contributed by atoms with Crippen LogP contribution in [0.3, 0.4) is 0 Å². The van der Waals surface area contributed by atoms with Gasteiger partial charge in [-0.15, -0.1) is 0 Å². The Morgan fingerprint density at radius 2 is 1.82 bits per heavy atom. The number of nitriles is 1. The summed E-state index contributed by atoms with van der Waals surface area (Å²) in [5, 5.41) is 14.5. The summed E-state index contributed by atoms with van der Waals surface area (Å²) in [5.74, 6) is 1.63. The van der Waals surface area contributed by atoms with E-state index >= 15 is 0 Å². The van der Waals surface area contributed by atoms with Gasteiger partial charge < -0.3 is 29.2 Å². The molecule has 0 saturated carbocycles. The van der Waals surface area contributed by atoms with E-state index in [1.165, 1.54) is 26.1 Å². The minimum absolute atomic E-state index is 0.356. The summed E-state index contributed by atoms with van der Waals surface area (Å²) in [6.07, 6.45) is 4.87. The van der Waals surface area contributed by atoms with Crippen molar-refractivity contribution in [2.45, 2.75) is 19.3 Å². The summed E-state index contributed by atoms with van der Waals surface area (Å²) in [5.41, 5.74) is 2.55. The Bertz CT molecular complexity index is 1360. The maximum atomic E-state index is 9.77. The molecule has 0 atom stereocenters. The molecule has 0 amide bonds. The monoisotopic (exact) mass is 556 g/mol. The van der Waals surface area contributed by atoms with Crippen molar-refractivity contribution in [3.63, 3.8) is 0 Å². The number of piperidine rings is 1. The van der Waals surface area contributed by atoms with Crippen LogP contribution >= 0.6 is 23.2 Å². The van der Waals surface area contributed by atoms with Crippen LogP contribution in [0.25, 0.3) is 10.9 Å². The quantitative estimate of drug-likeness (QED) is 0.318. The predicted molar refractivity (Wildman–Crippen MR) is 148 cm³/mol. The van der Waals surface area contributed by atoms with Gasteiger partial charge in [0.2, 0.25) is 0 Å². The van der Waals surface area contributed by atoms with Gasteiger partial charge in [-0.1, -0.05) is 23.2 Å². The first kappa shape index (κ1) is 26.6. The number of likely N-dealkylation sites (tertiary alicyclic amines) is 1. The zero-order valence-electron chi connectivity index (χ0n) is 21.5. The Kier molecular flexibility index (Phi) is 8.01. The van der Waals surface area contributed by atoms with E-state index in [0.29, 0.717) is 67.2 Å². The normalized spacial score (nSPS) is 16.6. The zero-order chi connectivity index (χ0) is 26.7. The molecule has 2 aliphatic rings. The van der Waals surface area contributed by atoms with E-state index in [1.807, 2.05) is 12.1 Å². The Hall–Kier alpha value is -2.96. The van der Waals surface area contributed by atoms with Crippen LogP contribution in [0.5, 0.6) is 17.2 Å². The molecule has 10 heteroatoms. The molecule has 1 spiro atoms. The first-order valence-corrected chi connectivity index (χ1v) is 13.3. The lowest BCUT2D eigenvalue weighted by Gasteiger charge is -2.47. The lowest BCUT2D eigenvalue weighted by Crippen LogP contribution is -2.51. The van der Waals surface area contributed by atoms with E-state index in [2.05, 4.69) is 21.3 Å². The molecule has 0 radical (unpaired) electrons. The minimum atomic E-state index is 0.356. The molecule has 2 saturated heterocycles. The van der Waals surface area contributed by atoms with Crippen molar-refractivity contribution in [1.29, 1.82) is 5.26 Å². The number of fused-ring (bicyclic) bond motifs is 1. The summed E-state index contributed by atoms with van der Waals surface area (Å²) >= 11 is 12.6. The number of nitrogens with one attached hydrogen (secondary N) is 1. The molecule has 38 heavy (non-hydrogen) atoms. The van der Waals surface area contributed by atoms with Crippen LogP contribution < -0.4 is 19.5 Å². The van der Waals surface area contributed by atoms with E-state index in [1.54, 1.807) is 19.2 Å². The van der Waals surface area contributed by atoms with E-state index in [-0.39, 0.29) is 0 Å². The van der Waals surface area contributed by atoms with Gasteiger partial charge in [0.15, 0.2) is 11.5 Å². The van der Waals surface area contributed by atoms with Crippen molar-refractivity contribution in [3.05, 3.63) is 46.1 Å². The number of ether oxygens (including phenoxy) is 4.